The standard InChI is InChI=1S/C14H14N4O/c1-18(9-11-4-3-7-15-8-11)10-12-5-2-6-13-14(12)17-19-16-13/h2-8H,9-10H2,1H3. The third kappa shape index (κ3) is 2.61. The Morgan fingerprint density at radius 3 is 2.89 bits per heavy atom. The topological polar surface area (TPSA) is 55.1 Å². The molecule has 0 saturated carbocycles. The molecular weight excluding hydrogens is 240 g/mol. The minimum absolute atomic E-state index is 0.792. The summed E-state index contributed by atoms with van der Waals surface area (Å²) in [5.41, 5.74) is 3.94. The van der Waals surface area contributed by atoms with Gasteiger partial charge in [-0.25, -0.2) is 4.63 Å². The first kappa shape index (κ1) is 11.8. The molecule has 96 valence electrons. The van der Waals surface area contributed by atoms with Crippen molar-refractivity contribution in [2.75, 3.05) is 7.05 Å². The molecule has 0 N–H and O–H groups in total. The fourth-order valence-electron chi connectivity index (χ4n) is 2.14. The third-order valence-electron chi connectivity index (χ3n) is 2.99. The summed E-state index contributed by atoms with van der Waals surface area (Å²) in [5, 5.41) is 7.81. The maximum atomic E-state index is 4.78. The summed E-state index contributed by atoms with van der Waals surface area (Å²) < 4.78 is 4.78. The van der Waals surface area contributed by atoms with Crippen molar-refractivity contribution in [1.29, 1.82) is 0 Å². The summed E-state index contributed by atoms with van der Waals surface area (Å²) in [4.78, 5) is 6.33. The van der Waals surface area contributed by atoms with E-state index in [0.29, 0.717) is 0 Å². The third-order valence-corrected chi connectivity index (χ3v) is 2.99. The number of nitrogens with zero attached hydrogens (tertiary/aromatic N) is 4. The number of pyridine rings is 1. The highest BCUT2D eigenvalue weighted by Crippen LogP contribution is 2.16. The predicted molar refractivity (Wildman–Crippen MR) is 71.2 cm³/mol. The zero-order valence-corrected chi connectivity index (χ0v) is 10.7. The van der Waals surface area contributed by atoms with Gasteiger partial charge in [0.1, 0.15) is 11.0 Å². The van der Waals surface area contributed by atoms with Crippen molar-refractivity contribution < 1.29 is 4.63 Å². The molecule has 5 heteroatoms. The van der Waals surface area contributed by atoms with Gasteiger partial charge in [-0.1, -0.05) is 18.2 Å². The molecule has 0 unspecified atom stereocenters. The Hall–Kier alpha value is -2.27. The van der Waals surface area contributed by atoms with E-state index in [1.165, 1.54) is 5.56 Å². The molecule has 0 bridgehead atoms. The van der Waals surface area contributed by atoms with Crippen LogP contribution in [-0.4, -0.2) is 27.2 Å². The van der Waals surface area contributed by atoms with Gasteiger partial charge >= 0.3 is 0 Å². The van der Waals surface area contributed by atoms with Crippen LogP contribution < -0.4 is 0 Å². The summed E-state index contributed by atoms with van der Waals surface area (Å²) in [5.74, 6) is 0. The van der Waals surface area contributed by atoms with Gasteiger partial charge in [-0.3, -0.25) is 9.88 Å². The Morgan fingerprint density at radius 1 is 1.11 bits per heavy atom. The molecule has 5 nitrogen and oxygen atoms in total. The molecule has 0 aliphatic heterocycles. The van der Waals surface area contributed by atoms with Crippen molar-refractivity contribution in [2.24, 2.45) is 0 Å². The highest BCUT2D eigenvalue weighted by Gasteiger charge is 2.08. The molecule has 1 aromatic carbocycles. The van der Waals surface area contributed by atoms with Crippen LogP contribution in [0.25, 0.3) is 11.0 Å². The number of benzene rings is 1. The fourth-order valence-corrected chi connectivity index (χ4v) is 2.14. The second kappa shape index (κ2) is 5.16. The molecule has 2 heterocycles. The number of hydrogen-bond acceptors (Lipinski definition) is 5. The van der Waals surface area contributed by atoms with Crippen molar-refractivity contribution in [3.8, 4) is 0 Å². The quantitative estimate of drug-likeness (QED) is 0.714. The second-order valence-corrected chi connectivity index (χ2v) is 4.58. The van der Waals surface area contributed by atoms with Gasteiger partial charge in [-0.2, -0.15) is 0 Å². The van der Waals surface area contributed by atoms with E-state index in [9.17, 15) is 0 Å². The Bertz CT molecular complexity index is 665. The molecular formula is C14H14N4O. The van der Waals surface area contributed by atoms with Crippen LogP contribution in [0.4, 0.5) is 0 Å². The Morgan fingerprint density at radius 2 is 2.05 bits per heavy atom. The van der Waals surface area contributed by atoms with E-state index in [0.717, 1.165) is 29.7 Å². The maximum Gasteiger partial charge on any atom is 0.139 e. The van der Waals surface area contributed by atoms with E-state index in [1.807, 2.05) is 30.5 Å². The summed E-state index contributed by atoms with van der Waals surface area (Å²) in [6.07, 6.45) is 3.67. The highest BCUT2D eigenvalue weighted by atomic mass is 16.6. The predicted octanol–water partition coefficient (Wildman–Crippen LogP) is 2.25. The number of rotatable bonds is 4. The Kier molecular flexibility index (Phi) is 3.20. The molecule has 0 aliphatic rings. The zero-order chi connectivity index (χ0) is 13.1. The Labute approximate surface area is 110 Å². The lowest BCUT2D eigenvalue weighted by molar-refractivity contribution is 0.310. The van der Waals surface area contributed by atoms with Crippen molar-refractivity contribution in [1.82, 2.24) is 20.2 Å². The van der Waals surface area contributed by atoms with Crippen LogP contribution in [0.15, 0.2) is 47.4 Å². The molecule has 0 saturated heterocycles. The lowest BCUT2D eigenvalue weighted by Crippen LogP contribution is -2.17. The molecule has 3 rings (SSSR count). The highest BCUT2D eigenvalue weighted by molar-refractivity contribution is 5.76. The molecule has 0 amide bonds. The van der Waals surface area contributed by atoms with Gasteiger partial charge in [0.25, 0.3) is 0 Å². The largest absolute Gasteiger partial charge is 0.298 e. The SMILES string of the molecule is CN(Cc1cccnc1)Cc1cccc2nonc12. The van der Waals surface area contributed by atoms with Gasteiger partial charge in [0.05, 0.1) is 0 Å². The van der Waals surface area contributed by atoms with Gasteiger partial charge < -0.3 is 0 Å². The first-order valence-electron chi connectivity index (χ1n) is 6.10. The van der Waals surface area contributed by atoms with E-state index in [1.54, 1.807) is 6.20 Å². The molecule has 0 aliphatic carbocycles. The first-order valence-corrected chi connectivity index (χ1v) is 6.10. The van der Waals surface area contributed by atoms with Crippen LogP contribution in [0.2, 0.25) is 0 Å². The molecule has 0 spiro atoms. The van der Waals surface area contributed by atoms with E-state index < -0.39 is 0 Å². The van der Waals surface area contributed by atoms with Crippen LogP contribution in [0, 0.1) is 0 Å². The molecule has 3 aromatic rings. The van der Waals surface area contributed by atoms with E-state index in [2.05, 4.69) is 33.3 Å². The molecule has 0 radical (unpaired) electrons. The summed E-state index contributed by atoms with van der Waals surface area (Å²) >= 11 is 0. The minimum atomic E-state index is 0.792. The Balaban J connectivity index is 1.76. The van der Waals surface area contributed by atoms with Crippen molar-refractivity contribution in [3.63, 3.8) is 0 Å². The van der Waals surface area contributed by atoms with Gasteiger partial charge in [0.2, 0.25) is 0 Å². The monoisotopic (exact) mass is 254 g/mol. The number of aromatic nitrogens is 3. The van der Waals surface area contributed by atoms with E-state index in [-0.39, 0.29) is 0 Å². The molecule has 19 heavy (non-hydrogen) atoms. The first-order chi connectivity index (χ1) is 9.33. The average Bonchev–Trinajstić information content (AvgIpc) is 2.89. The van der Waals surface area contributed by atoms with Crippen LogP contribution in [-0.2, 0) is 13.1 Å². The van der Waals surface area contributed by atoms with Crippen LogP contribution in [0.3, 0.4) is 0 Å². The molecule has 0 fully saturated rings. The minimum Gasteiger partial charge on any atom is -0.298 e. The summed E-state index contributed by atoms with van der Waals surface area (Å²) in [6, 6.07) is 9.94. The van der Waals surface area contributed by atoms with Crippen LogP contribution >= 0.6 is 0 Å². The van der Waals surface area contributed by atoms with Gasteiger partial charge in [-0.05, 0) is 40.6 Å². The van der Waals surface area contributed by atoms with E-state index in [4.69, 9.17) is 4.63 Å². The zero-order valence-electron chi connectivity index (χ0n) is 10.7. The number of hydrogen-bond donors (Lipinski definition) is 0. The average molecular weight is 254 g/mol. The summed E-state index contributed by atoms with van der Waals surface area (Å²) in [7, 11) is 2.07. The summed E-state index contributed by atoms with van der Waals surface area (Å²) in [6.45, 7) is 1.63. The lowest BCUT2D eigenvalue weighted by atomic mass is 10.1. The fraction of sp³-hybridized carbons (Fsp3) is 0.214. The molecule has 2 aromatic heterocycles. The van der Waals surface area contributed by atoms with Crippen LogP contribution in [0.5, 0.6) is 0 Å². The van der Waals surface area contributed by atoms with Crippen molar-refractivity contribution in [3.05, 3.63) is 53.9 Å². The van der Waals surface area contributed by atoms with Crippen molar-refractivity contribution >= 4 is 11.0 Å². The van der Waals surface area contributed by atoms with E-state index >= 15 is 0 Å². The van der Waals surface area contributed by atoms with Crippen molar-refractivity contribution in [2.45, 2.75) is 13.1 Å². The smallest absolute Gasteiger partial charge is 0.139 e. The van der Waals surface area contributed by atoms with Gasteiger partial charge in [0.15, 0.2) is 0 Å². The second-order valence-electron chi connectivity index (χ2n) is 4.58. The normalized spacial score (nSPS) is 11.3. The van der Waals surface area contributed by atoms with Crippen LogP contribution in [0.1, 0.15) is 11.1 Å². The maximum absolute atomic E-state index is 4.78. The van der Waals surface area contributed by atoms with Gasteiger partial charge in [-0.15, -0.1) is 0 Å². The number of fused-ring (bicyclic) bond motifs is 1. The molecule has 0 atom stereocenters. The van der Waals surface area contributed by atoms with Gasteiger partial charge in [0, 0.05) is 25.5 Å². The lowest BCUT2D eigenvalue weighted by Gasteiger charge is -2.16.